The highest BCUT2D eigenvalue weighted by Gasteiger charge is 2.27. The van der Waals surface area contributed by atoms with Crippen molar-refractivity contribution in [1.82, 2.24) is 15.2 Å². The van der Waals surface area contributed by atoms with Crippen LogP contribution in [0.2, 0.25) is 0 Å². The van der Waals surface area contributed by atoms with Gasteiger partial charge in [0.25, 0.3) is 5.91 Å². The minimum atomic E-state index is -0.103. The van der Waals surface area contributed by atoms with Crippen molar-refractivity contribution in [2.24, 2.45) is 0 Å². The lowest BCUT2D eigenvalue weighted by Gasteiger charge is -2.31. The Kier molecular flexibility index (Phi) is 5.36. The van der Waals surface area contributed by atoms with Gasteiger partial charge < -0.3 is 14.6 Å². The smallest absolute Gasteiger partial charge is 0.273 e. The first-order valence-electron chi connectivity index (χ1n) is 9.11. The van der Waals surface area contributed by atoms with E-state index >= 15 is 0 Å². The van der Waals surface area contributed by atoms with E-state index in [0.29, 0.717) is 30.0 Å². The zero-order chi connectivity index (χ0) is 16.2. The summed E-state index contributed by atoms with van der Waals surface area (Å²) in [5, 5.41) is 2.99. The third-order valence-electron chi connectivity index (χ3n) is 5.43. The zero-order valence-corrected chi connectivity index (χ0v) is 14.4. The normalized spacial score (nSPS) is 19.8. The molecule has 2 aliphatic rings. The largest absolute Gasteiger partial charge is 0.445 e. The molecule has 5 nitrogen and oxygen atoms in total. The molecule has 0 aromatic carbocycles. The van der Waals surface area contributed by atoms with Gasteiger partial charge in [0.2, 0.25) is 0 Å². The lowest BCUT2D eigenvalue weighted by Crippen LogP contribution is -2.39. The molecule has 1 amide bonds. The lowest BCUT2D eigenvalue weighted by molar-refractivity contribution is 0.0938. The van der Waals surface area contributed by atoms with Crippen LogP contribution >= 0.6 is 0 Å². The molecule has 0 aliphatic heterocycles. The van der Waals surface area contributed by atoms with Crippen molar-refractivity contribution < 1.29 is 9.21 Å². The van der Waals surface area contributed by atoms with Gasteiger partial charge in [-0.1, -0.05) is 25.7 Å². The Balaban J connectivity index is 1.46. The molecule has 5 heteroatoms. The average Bonchev–Trinajstić information content (AvgIpc) is 2.87. The second kappa shape index (κ2) is 7.47. The van der Waals surface area contributed by atoms with E-state index in [-0.39, 0.29) is 5.91 Å². The number of amides is 1. The zero-order valence-electron chi connectivity index (χ0n) is 14.4. The monoisotopic (exact) mass is 319 g/mol. The van der Waals surface area contributed by atoms with Crippen LogP contribution in [0.5, 0.6) is 0 Å². The van der Waals surface area contributed by atoms with Crippen LogP contribution in [0, 0.1) is 6.92 Å². The van der Waals surface area contributed by atoms with Crippen LogP contribution in [0.4, 0.5) is 0 Å². The second-order valence-electron chi connectivity index (χ2n) is 7.11. The second-order valence-corrected chi connectivity index (χ2v) is 7.11. The highest BCUT2D eigenvalue weighted by atomic mass is 16.4. The average molecular weight is 319 g/mol. The van der Waals surface area contributed by atoms with Gasteiger partial charge in [0.05, 0.1) is 0 Å². The number of oxazole rings is 1. The maximum Gasteiger partial charge on any atom is 0.273 e. The van der Waals surface area contributed by atoms with Crippen LogP contribution < -0.4 is 5.32 Å². The summed E-state index contributed by atoms with van der Waals surface area (Å²) in [4.78, 5) is 19.1. The molecule has 1 aromatic heterocycles. The molecule has 128 valence electrons. The van der Waals surface area contributed by atoms with Crippen LogP contribution in [-0.4, -0.2) is 42.0 Å². The predicted octanol–water partition coefficient (Wildman–Crippen LogP) is 3.24. The summed E-state index contributed by atoms with van der Waals surface area (Å²) in [6, 6.07) is 0.680. The number of rotatable bonds is 6. The fourth-order valence-electron chi connectivity index (χ4n) is 3.59. The molecule has 3 rings (SSSR count). The molecule has 1 N–H and O–H groups in total. The minimum absolute atomic E-state index is 0.103. The van der Waals surface area contributed by atoms with Crippen LogP contribution in [0.1, 0.15) is 79.4 Å². The van der Waals surface area contributed by atoms with E-state index in [2.05, 4.69) is 22.2 Å². The van der Waals surface area contributed by atoms with E-state index in [1.165, 1.54) is 38.5 Å². The van der Waals surface area contributed by atoms with Crippen LogP contribution in [0.3, 0.4) is 0 Å². The van der Waals surface area contributed by atoms with Gasteiger partial charge >= 0.3 is 0 Å². The SMILES string of the molecule is Cc1oc(C2CCC2)nc1C(=O)NCCN(C)C1CCCCC1. The molecule has 0 saturated heterocycles. The van der Waals surface area contributed by atoms with Crippen molar-refractivity contribution in [3.8, 4) is 0 Å². The van der Waals surface area contributed by atoms with Gasteiger partial charge in [0.1, 0.15) is 5.76 Å². The summed E-state index contributed by atoms with van der Waals surface area (Å²) in [7, 11) is 2.16. The number of hydrogen-bond acceptors (Lipinski definition) is 4. The van der Waals surface area contributed by atoms with Gasteiger partial charge in [-0.15, -0.1) is 0 Å². The van der Waals surface area contributed by atoms with Gasteiger partial charge in [0.15, 0.2) is 11.6 Å². The van der Waals surface area contributed by atoms with Gasteiger partial charge in [-0.3, -0.25) is 4.79 Å². The van der Waals surface area contributed by atoms with E-state index in [1.807, 2.05) is 6.92 Å². The van der Waals surface area contributed by atoms with Gasteiger partial charge in [-0.2, -0.15) is 0 Å². The first-order chi connectivity index (χ1) is 11.1. The third kappa shape index (κ3) is 3.94. The summed E-state index contributed by atoms with van der Waals surface area (Å²) >= 11 is 0. The molecule has 0 unspecified atom stereocenters. The van der Waals surface area contributed by atoms with Crippen molar-refractivity contribution in [2.45, 2.75) is 70.3 Å². The van der Waals surface area contributed by atoms with Crippen LogP contribution in [0.25, 0.3) is 0 Å². The fraction of sp³-hybridized carbons (Fsp3) is 0.778. The summed E-state index contributed by atoms with van der Waals surface area (Å²) in [6.45, 7) is 3.39. The Hall–Kier alpha value is -1.36. The van der Waals surface area contributed by atoms with E-state index in [9.17, 15) is 4.79 Å². The maximum absolute atomic E-state index is 12.3. The molecule has 23 heavy (non-hydrogen) atoms. The van der Waals surface area contributed by atoms with Crippen molar-refractivity contribution in [3.63, 3.8) is 0 Å². The Labute approximate surface area is 138 Å². The maximum atomic E-state index is 12.3. The molecule has 0 radical (unpaired) electrons. The first kappa shape index (κ1) is 16.5. The van der Waals surface area contributed by atoms with Crippen molar-refractivity contribution in [2.75, 3.05) is 20.1 Å². The highest BCUT2D eigenvalue weighted by molar-refractivity contribution is 5.93. The Bertz CT molecular complexity index is 530. The summed E-state index contributed by atoms with van der Waals surface area (Å²) < 4.78 is 5.68. The number of carbonyl (C=O) groups excluding carboxylic acids is 1. The molecule has 2 aliphatic carbocycles. The number of likely N-dealkylation sites (N-methyl/N-ethyl adjacent to an activating group) is 1. The van der Waals surface area contributed by atoms with E-state index < -0.39 is 0 Å². The van der Waals surface area contributed by atoms with Gasteiger partial charge in [-0.25, -0.2) is 4.98 Å². The van der Waals surface area contributed by atoms with Gasteiger partial charge in [-0.05, 0) is 39.7 Å². The number of nitrogens with zero attached hydrogens (tertiary/aromatic N) is 2. The van der Waals surface area contributed by atoms with E-state index in [1.54, 1.807) is 0 Å². The molecule has 0 atom stereocenters. The Morgan fingerprint density at radius 2 is 1.96 bits per heavy atom. The molecule has 2 saturated carbocycles. The van der Waals surface area contributed by atoms with E-state index in [0.717, 1.165) is 25.3 Å². The van der Waals surface area contributed by atoms with Crippen molar-refractivity contribution in [1.29, 1.82) is 0 Å². The van der Waals surface area contributed by atoms with Crippen molar-refractivity contribution in [3.05, 3.63) is 17.3 Å². The molecule has 0 spiro atoms. The summed E-state index contributed by atoms with van der Waals surface area (Å²) in [5.74, 6) is 1.71. The number of carbonyl (C=O) groups is 1. The standard InChI is InChI=1S/C18H29N3O2/c1-13-16(20-18(23-13)14-7-6-8-14)17(22)19-11-12-21(2)15-9-4-3-5-10-15/h14-15H,3-12H2,1-2H3,(H,19,22). The quantitative estimate of drug-likeness (QED) is 0.874. The summed E-state index contributed by atoms with van der Waals surface area (Å²) in [6.07, 6.45) is 10.1. The van der Waals surface area contributed by atoms with Crippen LogP contribution in [0.15, 0.2) is 4.42 Å². The molecular formula is C18H29N3O2. The number of hydrogen-bond donors (Lipinski definition) is 1. The Morgan fingerprint density at radius 3 is 2.61 bits per heavy atom. The molecule has 1 heterocycles. The predicted molar refractivity (Wildman–Crippen MR) is 89.7 cm³/mol. The van der Waals surface area contributed by atoms with E-state index in [4.69, 9.17) is 4.42 Å². The number of nitrogens with one attached hydrogen (secondary N) is 1. The first-order valence-corrected chi connectivity index (χ1v) is 9.11. The highest BCUT2D eigenvalue weighted by Crippen LogP contribution is 2.36. The summed E-state index contributed by atoms with van der Waals surface area (Å²) in [5.41, 5.74) is 0.465. The molecule has 1 aromatic rings. The topological polar surface area (TPSA) is 58.4 Å². The molecule has 2 fully saturated rings. The lowest BCUT2D eigenvalue weighted by atomic mass is 9.85. The fourth-order valence-corrected chi connectivity index (χ4v) is 3.59. The minimum Gasteiger partial charge on any atom is -0.445 e. The third-order valence-corrected chi connectivity index (χ3v) is 5.43. The number of aromatic nitrogens is 1. The molecule has 0 bridgehead atoms. The van der Waals surface area contributed by atoms with Crippen LogP contribution in [-0.2, 0) is 0 Å². The number of aryl methyl sites for hydroxylation is 1. The van der Waals surface area contributed by atoms with Gasteiger partial charge in [0, 0.05) is 25.0 Å². The van der Waals surface area contributed by atoms with Crippen molar-refractivity contribution >= 4 is 5.91 Å². The molecular weight excluding hydrogens is 290 g/mol. The Morgan fingerprint density at radius 1 is 1.22 bits per heavy atom.